The average molecular weight is 359 g/mol. The Morgan fingerprint density at radius 1 is 1.11 bits per heavy atom. The Labute approximate surface area is 116 Å². The normalized spacial score (nSPS) is 10.2. The fourth-order valence-corrected chi connectivity index (χ4v) is 1.95. The monoisotopic (exact) mass is 359 g/mol. The molecule has 0 atom stereocenters. The summed E-state index contributed by atoms with van der Waals surface area (Å²) >= 11 is 1.99. The van der Waals surface area contributed by atoms with E-state index in [1.165, 1.54) is 24.3 Å². The first-order chi connectivity index (χ1) is 8.58. The first-order valence-corrected chi connectivity index (χ1v) is 6.17. The Morgan fingerprint density at radius 3 is 2.50 bits per heavy atom. The summed E-state index contributed by atoms with van der Waals surface area (Å²) in [5.74, 6) is -0.456. The summed E-state index contributed by atoms with van der Waals surface area (Å²) in [4.78, 5) is 10.8. The fraction of sp³-hybridized carbons (Fsp3) is 0. The third-order valence-electron chi connectivity index (χ3n) is 2.34. The number of nitrogens with one attached hydrogen (secondary N) is 1. The Hall–Kier alpha value is -1.50. The van der Waals surface area contributed by atoms with Crippen LogP contribution >= 0.6 is 22.6 Å². The Morgan fingerprint density at radius 2 is 1.83 bits per heavy atom. The summed E-state index contributed by atoms with van der Waals surface area (Å²) in [6.45, 7) is 0. The topological polar surface area (TPSA) is 29.1 Å². The van der Waals surface area contributed by atoms with Crippen LogP contribution in [0, 0.1) is 9.39 Å². The number of carbonyl (C=O) groups excluding carboxylic acids is 1. The van der Waals surface area contributed by atoms with Crippen LogP contribution in [0.5, 0.6) is 0 Å². The van der Waals surface area contributed by atoms with Gasteiger partial charge in [-0.3, -0.25) is 4.79 Å². The maximum absolute atomic E-state index is 13.6. The Balaban J connectivity index is 2.37. The van der Waals surface area contributed by atoms with Crippen molar-refractivity contribution < 1.29 is 13.6 Å². The molecule has 0 saturated heterocycles. The zero-order chi connectivity index (χ0) is 13.1. The molecule has 0 aromatic heterocycles. The molecule has 0 radical (unpaired) electrons. The number of carbonyl (C=O) groups is 1. The Kier molecular flexibility index (Phi) is 3.90. The highest BCUT2D eigenvalue weighted by atomic mass is 127. The molecule has 5 heteroatoms. The lowest BCUT2D eigenvalue weighted by molar-refractivity contribution is 0.0837. The van der Waals surface area contributed by atoms with Crippen molar-refractivity contribution in [2.75, 3.05) is 5.32 Å². The van der Waals surface area contributed by atoms with E-state index < -0.39 is 11.9 Å². The van der Waals surface area contributed by atoms with Crippen LogP contribution in [0.15, 0.2) is 42.5 Å². The van der Waals surface area contributed by atoms with E-state index in [2.05, 4.69) is 5.32 Å². The summed E-state index contributed by atoms with van der Waals surface area (Å²) in [5.41, 5.74) is 0.324. The fourth-order valence-electron chi connectivity index (χ4n) is 1.50. The predicted octanol–water partition coefficient (Wildman–Crippen LogP) is 4.28. The SMILES string of the molecule is O=C(F)c1ccccc1Nc1ccc(I)cc1F. The van der Waals surface area contributed by atoms with Crippen molar-refractivity contribution in [1.82, 2.24) is 0 Å². The third kappa shape index (κ3) is 2.84. The molecule has 0 amide bonds. The largest absolute Gasteiger partial charge is 0.352 e. The number of hydrogen-bond donors (Lipinski definition) is 1. The molecule has 0 aliphatic rings. The van der Waals surface area contributed by atoms with Gasteiger partial charge in [-0.05, 0) is 52.9 Å². The summed E-state index contributed by atoms with van der Waals surface area (Å²) in [6.07, 6.45) is 0. The minimum absolute atomic E-state index is 0.115. The molecule has 0 saturated carbocycles. The summed E-state index contributed by atoms with van der Waals surface area (Å²) in [7, 11) is 0. The van der Waals surface area contributed by atoms with Gasteiger partial charge in [-0.1, -0.05) is 12.1 Å². The van der Waals surface area contributed by atoms with Gasteiger partial charge in [0.05, 0.1) is 16.9 Å². The van der Waals surface area contributed by atoms with Crippen LogP contribution in [0.4, 0.5) is 20.2 Å². The lowest BCUT2D eigenvalue weighted by atomic mass is 10.1. The van der Waals surface area contributed by atoms with Gasteiger partial charge in [-0.25, -0.2) is 4.39 Å². The van der Waals surface area contributed by atoms with E-state index in [-0.39, 0.29) is 16.9 Å². The van der Waals surface area contributed by atoms with Crippen LogP contribution in [0.3, 0.4) is 0 Å². The molecule has 0 bridgehead atoms. The van der Waals surface area contributed by atoms with E-state index in [9.17, 15) is 13.6 Å². The van der Waals surface area contributed by atoms with Gasteiger partial charge in [-0.2, -0.15) is 4.39 Å². The van der Waals surface area contributed by atoms with Crippen molar-refractivity contribution >= 4 is 40.0 Å². The first kappa shape index (κ1) is 12.9. The van der Waals surface area contributed by atoms with Gasteiger partial charge in [0, 0.05) is 3.57 Å². The second kappa shape index (κ2) is 5.43. The quantitative estimate of drug-likeness (QED) is 0.655. The number of benzene rings is 2. The zero-order valence-corrected chi connectivity index (χ0v) is 11.2. The molecule has 92 valence electrons. The average Bonchev–Trinajstić information content (AvgIpc) is 2.33. The van der Waals surface area contributed by atoms with Crippen molar-refractivity contribution in [2.45, 2.75) is 0 Å². The Bertz CT molecular complexity index is 601. The highest BCUT2D eigenvalue weighted by Crippen LogP contribution is 2.24. The maximum Gasteiger partial charge on any atom is 0.334 e. The minimum Gasteiger partial charge on any atom is -0.352 e. The molecule has 18 heavy (non-hydrogen) atoms. The lowest BCUT2D eigenvalue weighted by Crippen LogP contribution is -2.00. The molecule has 0 aliphatic heterocycles. The molecule has 0 spiro atoms. The summed E-state index contributed by atoms with van der Waals surface area (Å²) < 4.78 is 27.2. The van der Waals surface area contributed by atoms with Crippen molar-refractivity contribution in [1.29, 1.82) is 0 Å². The van der Waals surface area contributed by atoms with Gasteiger partial charge < -0.3 is 5.32 Å². The highest BCUT2D eigenvalue weighted by molar-refractivity contribution is 14.1. The van der Waals surface area contributed by atoms with E-state index in [1.807, 2.05) is 22.6 Å². The maximum atomic E-state index is 13.6. The van der Waals surface area contributed by atoms with Gasteiger partial charge in [0.15, 0.2) is 0 Å². The van der Waals surface area contributed by atoms with Crippen LogP contribution in [0.25, 0.3) is 0 Å². The minimum atomic E-state index is -1.55. The second-order valence-corrected chi connectivity index (χ2v) is 4.81. The zero-order valence-electron chi connectivity index (χ0n) is 9.08. The molecule has 2 aromatic rings. The number of hydrogen-bond acceptors (Lipinski definition) is 2. The van der Waals surface area contributed by atoms with Crippen LogP contribution < -0.4 is 5.32 Å². The molecule has 0 heterocycles. The molecule has 2 rings (SSSR count). The molecule has 0 fully saturated rings. The van der Waals surface area contributed by atoms with E-state index in [0.29, 0.717) is 0 Å². The van der Waals surface area contributed by atoms with Crippen molar-refractivity contribution in [3.63, 3.8) is 0 Å². The number of para-hydroxylation sites is 1. The standard InChI is InChI=1S/C13H8F2INO/c14-10-7-8(16)5-6-12(10)17-11-4-2-1-3-9(11)13(15)18/h1-7,17H. The predicted molar refractivity (Wildman–Crippen MR) is 74.3 cm³/mol. The molecule has 2 nitrogen and oxygen atoms in total. The number of halogens is 3. The van der Waals surface area contributed by atoms with Crippen LogP contribution in [-0.2, 0) is 0 Å². The van der Waals surface area contributed by atoms with Gasteiger partial charge >= 0.3 is 6.04 Å². The van der Waals surface area contributed by atoms with Gasteiger partial charge in [0.25, 0.3) is 0 Å². The first-order valence-electron chi connectivity index (χ1n) is 5.09. The van der Waals surface area contributed by atoms with Crippen LogP contribution in [-0.4, -0.2) is 6.04 Å². The summed E-state index contributed by atoms with van der Waals surface area (Å²) in [5, 5.41) is 2.71. The second-order valence-electron chi connectivity index (χ2n) is 3.57. The molecule has 1 N–H and O–H groups in total. The van der Waals surface area contributed by atoms with Gasteiger partial charge in [0.2, 0.25) is 0 Å². The van der Waals surface area contributed by atoms with Crippen LogP contribution in [0.2, 0.25) is 0 Å². The molecular formula is C13H8F2INO. The highest BCUT2D eigenvalue weighted by Gasteiger charge is 2.11. The van der Waals surface area contributed by atoms with E-state index in [1.54, 1.807) is 18.2 Å². The van der Waals surface area contributed by atoms with Crippen LogP contribution in [0.1, 0.15) is 10.4 Å². The lowest BCUT2D eigenvalue weighted by Gasteiger charge is -2.10. The third-order valence-corrected chi connectivity index (χ3v) is 3.01. The van der Waals surface area contributed by atoms with E-state index >= 15 is 0 Å². The smallest absolute Gasteiger partial charge is 0.334 e. The van der Waals surface area contributed by atoms with Gasteiger partial charge in [-0.15, -0.1) is 0 Å². The van der Waals surface area contributed by atoms with Gasteiger partial charge in [0.1, 0.15) is 5.82 Å². The number of rotatable bonds is 3. The van der Waals surface area contributed by atoms with E-state index in [0.717, 1.165) is 3.57 Å². The van der Waals surface area contributed by atoms with Crippen molar-refractivity contribution in [3.8, 4) is 0 Å². The summed E-state index contributed by atoms with van der Waals surface area (Å²) in [6, 6.07) is 9.09. The molecule has 0 unspecified atom stereocenters. The number of anilines is 2. The van der Waals surface area contributed by atoms with Crippen molar-refractivity contribution in [3.05, 3.63) is 57.4 Å². The molecule has 2 aromatic carbocycles. The molecular weight excluding hydrogens is 351 g/mol. The molecule has 0 aliphatic carbocycles. The van der Waals surface area contributed by atoms with E-state index in [4.69, 9.17) is 0 Å². The van der Waals surface area contributed by atoms with Crippen molar-refractivity contribution in [2.24, 2.45) is 0 Å².